The van der Waals surface area contributed by atoms with Crippen molar-refractivity contribution in [3.8, 4) is 11.5 Å². The number of carboxylic acid groups (broad SMARTS) is 1. The molecule has 4 nitrogen and oxygen atoms in total. The summed E-state index contributed by atoms with van der Waals surface area (Å²) < 4.78 is 12.4. The van der Waals surface area contributed by atoms with Crippen LogP contribution in [0.4, 0.5) is 0 Å². The van der Waals surface area contributed by atoms with Gasteiger partial charge in [0.2, 0.25) is 0 Å². The van der Waals surface area contributed by atoms with E-state index in [-0.39, 0.29) is 5.60 Å². The zero-order valence-corrected chi connectivity index (χ0v) is 17.7. The van der Waals surface area contributed by atoms with Gasteiger partial charge in [-0.3, -0.25) is 4.79 Å². The van der Waals surface area contributed by atoms with Gasteiger partial charge in [0, 0.05) is 12.0 Å². The van der Waals surface area contributed by atoms with Crippen LogP contribution < -0.4 is 9.47 Å². The van der Waals surface area contributed by atoms with Crippen LogP contribution in [0.5, 0.6) is 11.5 Å². The Kier molecular flexibility index (Phi) is 5.42. The van der Waals surface area contributed by atoms with Crippen LogP contribution in [0.1, 0.15) is 67.0 Å². The fraction of sp³-hybridized carbons (Fsp3) is 0.458. The topological polar surface area (TPSA) is 55.8 Å². The van der Waals surface area contributed by atoms with Gasteiger partial charge in [0.05, 0.1) is 5.92 Å². The Morgan fingerprint density at radius 3 is 2.61 bits per heavy atom. The molecule has 0 amide bonds. The molecule has 0 saturated heterocycles. The van der Waals surface area contributed by atoms with Gasteiger partial charge in [-0.2, -0.15) is 0 Å². The number of carbonyl (C=O) groups is 1. The summed E-state index contributed by atoms with van der Waals surface area (Å²) in [6.45, 7) is 12.5. The quantitative estimate of drug-likeness (QED) is 0.732. The number of carboxylic acids is 1. The van der Waals surface area contributed by atoms with Gasteiger partial charge in [0.15, 0.2) is 0 Å². The molecule has 1 N–H and O–H groups in total. The molecule has 0 aromatic heterocycles. The second-order valence-corrected chi connectivity index (χ2v) is 8.39. The van der Waals surface area contributed by atoms with E-state index in [9.17, 15) is 9.90 Å². The number of hydrogen-bond donors (Lipinski definition) is 1. The molecule has 2 aromatic rings. The van der Waals surface area contributed by atoms with Crippen molar-refractivity contribution >= 4 is 5.97 Å². The standard InChI is InChI=1S/C24H30O4/c1-7-17-10-18-12-24(5,6)28-22(18)19(11-17)13-27-21-9-8-20(14(2)15(21)3)16(4)23(25)26/h8-11,16H,7,12-13H2,1-6H3,(H,25,26). The molecule has 4 heteroatoms. The summed E-state index contributed by atoms with van der Waals surface area (Å²) in [4.78, 5) is 11.3. The minimum atomic E-state index is -0.817. The van der Waals surface area contributed by atoms with E-state index in [1.54, 1.807) is 6.92 Å². The molecule has 1 atom stereocenters. The van der Waals surface area contributed by atoms with Gasteiger partial charge < -0.3 is 14.6 Å². The predicted octanol–water partition coefficient (Wildman–Crippen LogP) is 5.35. The highest BCUT2D eigenvalue weighted by Gasteiger charge is 2.32. The van der Waals surface area contributed by atoms with Crippen LogP contribution in [0.15, 0.2) is 24.3 Å². The predicted molar refractivity (Wildman–Crippen MR) is 111 cm³/mol. The van der Waals surface area contributed by atoms with Gasteiger partial charge in [-0.1, -0.05) is 19.1 Å². The third-order valence-corrected chi connectivity index (χ3v) is 5.70. The zero-order chi connectivity index (χ0) is 20.6. The third-order valence-electron chi connectivity index (χ3n) is 5.70. The van der Waals surface area contributed by atoms with Gasteiger partial charge in [-0.15, -0.1) is 0 Å². The first-order chi connectivity index (χ1) is 13.1. The Morgan fingerprint density at radius 1 is 1.25 bits per heavy atom. The molecule has 150 valence electrons. The summed E-state index contributed by atoms with van der Waals surface area (Å²) in [5.74, 6) is 0.384. The second-order valence-electron chi connectivity index (χ2n) is 8.39. The fourth-order valence-corrected chi connectivity index (χ4v) is 3.90. The summed E-state index contributed by atoms with van der Waals surface area (Å²) in [5, 5.41) is 9.31. The van der Waals surface area contributed by atoms with E-state index in [1.165, 1.54) is 11.1 Å². The number of fused-ring (bicyclic) bond motifs is 1. The summed E-state index contributed by atoms with van der Waals surface area (Å²) in [5.41, 5.74) is 6.20. The van der Waals surface area contributed by atoms with Gasteiger partial charge >= 0.3 is 5.97 Å². The molecule has 28 heavy (non-hydrogen) atoms. The van der Waals surface area contributed by atoms with Crippen molar-refractivity contribution in [2.75, 3.05) is 0 Å². The van der Waals surface area contributed by atoms with Crippen LogP contribution in [-0.2, 0) is 24.2 Å². The lowest BCUT2D eigenvalue weighted by Gasteiger charge is -2.19. The molecule has 0 fully saturated rings. The number of hydrogen-bond acceptors (Lipinski definition) is 3. The number of aliphatic carboxylic acids is 1. The van der Waals surface area contributed by atoms with Crippen molar-refractivity contribution in [2.24, 2.45) is 0 Å². The largest absolute Gasteiger partial charge is 0.488 e. The molecule has 0 saturated carbocycles. The van der Waals surface area contributed by atoms with E-state index in [4.69, 9.17) is 9.47 Å². The van der Waals surface area contributed by atoms with E-state index in [2.05, 4.69) is 32.9 Å². The van der Waals surface area contributed by atoms with Crippen molar-refractivity contribution < 1.29 is 19.4 Å². The molecular weight excluding hydrogens is 352 g/mol. The molecule has 3 rings (SSSR count). The SMILES string of the molecule is CCc1cc(COc2ccc(C(C)C(=O)O)c(C)c2C)c2c(c1)CC(C)(C)O2. The Hall–Kier alpha value is -2.49. The monoisotopic (exact) mass is 382 g/mol. The van der Waals surface area contributed by atoms with Crippen molar-refractivity contribution in [1.82, 2.24) is 0 Å². The van der Waals surface area contributed by atoms with E-state index >= 15 is 0 Å². The van der Waals surface area contributed by atoms with Crippen molar-refractivity contribution in [3.63, 3.8) is 0 Å². The lowest BCUT2D eigenvalue weighted by molar-refractivity contribution is -0.138. The fourth-order valence-electron chi connectivity index (χ4n) is 3.90. The van der Waals surface area contributed by atoms with Crippen molar-refractivity contribution in [1.29, 1.82) is 0 Å². The van der Waals surface area contributed by atoms with Crippen molar-refractivity contribution in [3.05, 3.63) is 57.6 Å². The summed E-state index contributed by atoms with van der Waals surface area (Å²) in [6.07, 6.45) is 1.88. The number of aryl methyl sites for hydroxylation is 1. The zero-order valence-electron chi connectivity index (χ0n) is 17.7. The highest BCUT2D eigenvalue weighted by molar-refractivity contribution is 5.76. The van der Waals surface area contributed by atoms with Gasteiger partial charge in [0.25, 0.3) is 0 Å². The molecule has 0 bridgehead atoms. The Labute approximate surface area is 167 Å². The minimum absolute atomic E-state index is 0.190. The number of ether oxygens (including phenoxy) is 2. The lowest BCUT2D eigenvalue weighted by atomic mass is 9.93. The smallest absolute Gasteiger partial charge is 0.310 e. The van der Waals surface area contributed by atoms with E-state index < -0.39 is 11.9 Å². The van der Waals surface area contributed by atoms with Crippen LogP contribution in [0.25, 0.3) is 0 Å². The Balaban J connectivity index is 1.87. The van der Waals surface area contributed by atoms with E-state index in [0.29, 0.717) is 6.61 Å². The Morgan fingerprint density at radius 2 is 1.96 bits per heavy atom. The van der Waals surface area contributed by atoms with Gasteiger partial charge in [0.1, 0.15) is 23.7 Å². The van der Waals surface area contributed by atoms with E-state index in [1.807, 2.05) is 26.0 Å². The van der Waals surface area contributed by atoms with Crippen LogP contribution in [0.2, 0.25) is 0 Å². The Bertz CT molecular complexity index is 911. The molecule has 1 unspecified atom stereocenters. The molecule has 1 aliphatic rings. The molecule has 2 aromatic carbocycles. The second kappa shape index (κ2) is 7.50. The molecule has 0 aliphatic carbocycles. The van der Waals surface area contributed by atoms with Crippen LogP contribution in [0, 0.1) is 13.8 Å². The summed E-state index contributed by atoms with van der Waals surface area (Å²) >= 11 is 0. The normalized spacial score (nSPS) is 15.6. The van der Waals surface area contributed by atoms with Crippen LogP contribution in [-0.4, -0.2) is 16.7 Å². The maximum absolute atomic E-state index is 11.3. The molecule has 0 radical (unpaired) electrons. The molecular formula is C24H30O4. The number of benzene rings is 2. The van der Waals surface area contributed by atoms with Crippen LogP contribution in [0.3, 0.4) is 0 Å². The molecule has 1 heterocycles. The first-order valence-electron chi connectivity index (χ1n) is 9.92. The summed E-state index contributed by atoms with van der Waals surface area (Å²) in [6, 6.07) is 8.16. The van der Waals surface area contributed by atoms with E-state index in [0.717, 1.165) is 46.6 Å². The van der Waals surface area contributed by atoms with Crippen LogP contribution >= 0.6 is 0 Å². The third kappa shape index (κ3) is 3.87. The van der Waals surface area contributed by atoms with Gasteiger partial charge in [-0.05, 0) is 81.0 Å². The highest BCUT2D eigenvalue weighted by atomic mass is 16.5. The average Bonchev–Trinajstić information content (AvgIpc) is 2.95. The lowest BCUT2D eigenvalue weighted by Crippen LogP contribution is -2.25. The highest BCUT2D eigenvalue weighted by Crippen LogP contribution is 2.39. The van der Waals surface area contributed by atoms with Crippen molar-refractivity contribution in [2.45, 2.75) is 72.5 Å². The minimum Gasteiger partial charge on any atom is -0.488 e. The first-order valence-corrected chi connectivity index (χ1v) is 9.92. The summed E-state index contributed by atoms with van der Waals surface area (Å²) in [7, 11) is 0. The first kappa shape index (κ1) is 20.2. The molecule has 1 aliphatic heterocycles. The maximum Gasteiger partial charge on any atom is 0.310 e. The maximum atomic E-state index is 11.3. The van der Waals surface area contributed by atoms with Gasteiger partial charge in [-0.25, -0.2) is 0 Å². The molecule has 0 spiro atoms. The number of rotatable bonds is 6. The average molecular weight is 383 g/mol.